The second-order valence-electron chi connectivity index (χ2n) is 3.13. The summed E-state index contributed by atoms with van der Waals surface area (Å²) in [5.74, 6) is -0.427. The average Bonchev–Trinajstić information content (AvgIpc) is 2.61. The summed E-state index contributed by atoms with van der Waals surface area (Å²) in [6, 6.07) is -0.693. The fourth-order valence-corrected chi connectivity index (χ4v) is 1.59. The molecular formula is C8H10F3N3OS. The number of carbonyl (C=O) groups excluding carboxylic acids is 1. The molecule has 90 valence electrons. The van der Waals surface area contributed by atoms with Gasteiger partial charge < -0.3 is 11.1 Å². The molecule has 0 bridgehead atoms. The molecule has 0 aromatic carbocycles. The lowest BCUT2D eigenvalue weighted by molar-refractivity contribution is -0.140. The zero-order valence-corrected chi connectivity index (χ0v) is 9.15. The van der Waals surface area contributed by atoms with Gasteiger partial charge in [-0.25, -0.2) is 4.98 Å². The molecular weight excluding hydrogens is 243 g/mol. The molecule has 0 saturated heterocycles. The molecule has 0 aliphatic rings. The van der Waals surface area contributed by atoms with E-state index in [1.807, 2.05) is 0 Å². The Morgan fingerprint density at radius 2 is 2.31 bits per heavy atom. The number of thiazole rings is 1. The van der Waals surface area contributed by atoms with Gasteiger partial charge in [0.25, 0.3) is 0 Å². The van der Waals surface area contributed by atoms with E-state index in [4.69, 9.17) is 5.73 Å². The number of halogens is 3. The van der Waals surface area contributed by atoms with Crippen molar-refractivity contribution in [1.82, 2.24) is 10.3 Å². The van der Waals surface area contributed by atoms with Gasteiger partial charge in [-0.2, -0.15) is 13.2 Å². The molecule has 3 N–H and O–H groups in total. The van der Waals surface area contributed by atoms with Crippen LogP contribution in [0, 0.1) is 0 Å². The fourth-order valence-electron chi connectivity index (χ4n) is 0.846. The highest BCUT2D eigenvalue weighted by Gasteiger charge is 2.33. The minimum Gasteiger partial charge on any atom is -0.348 e. The maximum atomic E-state index is 12.2. The molecule has 1 rings (SSSR count). The summed E-state index contributed by atoms with van der Waals surface area (Å²) in [6.45, 7) is 1.44. The Labute approximate surface area is 93.7 Å². The van der Waals surface area contributed by atoms with Gasteiger partial charge in [0, 0.05) is 5.38 Å². The maximum absolute atomic E-state index is 12.2. The number of nitrogens with zero attached hydrogens (tertiary/aromatic N) is 1. The molecule has 0 spiro atoms. The SMILES string of the molecule is C[C@H](N)C(=O)NCc1nc(C(F)(F)F)cs1. The Hall–Kier alpha value is -1.15. The van der Waals surface area contributed by atoms with Gasteiger partial charge in [-0.1, -0.05) is 0 Å². The fraction of sp³-hybridized carbons (Fsp3) is 0.500. The van der Waals surface area contributed by atoms with Gasteiger partial charge in [-0.3, -0.25) is 4.79 Å². The predicted molar refractivity (Wildman–Crippen MR) is 52.6 cm³/mol. The van der Waals surface area contributed by atoms with Crippen LogP contribution in [-0.2, 0) is 17.5 Å². The molecule has 0 fully saturated rings. The Morgan fingerprint density at radius 1 is 1.69 bits per heavy atom. The number of hydrogen-bond acceptors (Lipinski definition) is 4. The molecule has 8 heteroatoms. The van der Waals surface area contributed by atoms with E-state index in [0.29, 0.717) is 0 Å². The lowest BCUT2D eigenvalue weighted by Gasteiger charge is -2.05. The van der Waals surface area contributed by atoms with E-state index >= 15 is 0 Å². The Bertz CT molecular complexity index is 375. The van der Waals surface area contributed by atoms with Crippen LogP contribution in [0.1, 0.15) is 17.6 Å². The van der Waals surface area contributed by atoms with Gasteiger partial charge >= 0.3 is 6.18 Å². The molecule has 1 aromatic rings. The average molecular weight is 253 g/mol. The van der Waals surface area contributed by atoms with Crippen LogP contribution in [0.5, 0.6) is 0 Å². The molecule has 1 atom stereocenters. The highest BCUT2D eigenvalue weighted by Crippen LogP contribution is 2.29. The topological polar surface area (TPSA) is 68.0 Å². The van der Waals surface area contributed by atoms with Crippen molar-refractivity contribution >= 4 is 17.2 Å². The zero-order valence-electron chi connectivity index (χ0n) is 8.34. The number of amides is 1. The van der Waals surface area contributed by atoms with E-state index < -0.39 is 23.8 Å². The lowest BCUT2D eigenvalue weighted by atomic mass is 10.3. The number of carbonyl (C=O) groups is 1. The van der Waals surface area contributed by atoms with Crippen LogP contribution in [0.25, 0.3) is 0 Å². The Balaban J connectivity index is 2.57. The second-order valence-corrected chi connectivity index (χ2v) is 4.07. The van der Waals surface area contributed by atoms with Crippen molar-refractivity contribution in [2.24, 2.45) is 5.73 Å². The van der Waals surface area contributed by atoms with Crippen LogP contribution in [0.15, 0.2) is 5.38 Å². The summed E-state index contributed by atoms with van der Waals surface area (Å²) in [5, 5.41) is 3.49. The van der Waals surface area contributed by atoms with E-state index in [0.717, 1.165) is 16.7 Å². The third-order valence-electron chi connectivity index (χ3n) is 1.67. The first-order valence-electron chi connectivity index (χ1n) is 4.35. The molecule has 0 radical (unpaired) electrons. The smallest absolute Gasteiger partial charge is 0.348 e. The van der Waals surface area contributed by atoms with Crippen LogP contribution >= 0.6 is 11.3 Å². The molecule has 16 heavy (non-hydrogen) atoms. The van der Waals surface area contributed by atoms with E-state index in [2.05, 4.69) is 10.3 Å². The van der Waals surface area contributed by atoms with Crippen molar-refractivity contribution in [3.63, 3.8) is 0 Å². The highest BCUT2D eigenvalue weighted by molar-refractivity contribution is 7.09. The summed E-state index contributed by atoms with van der Waals surface area (Å²) >= 11 is 0.843. The minimum absolute atomic E-state index is 0.0406. The van der Waals surface area contributed by atoms with Gasteiger partial charge in [-0.05, 0) is 6.92 Å². The van der Waals surface area contributed by atoms with Crippen LogP contribution in [0.3, 0.4) is 0 Å². The van der Waals surface area contributed by atoms with Gasteiger partial charge in [0.1, 0.15) is 5.01 Å². The van der Waals surface area contributed by atoms with Gasteiger partial charge in [0.15, 0.2) is 5.69 Å². The van der Waals surface area contributed by atoms with E-state index in [-0.39, 0.29) is 11.6 Å². The van der Waals surface area contributed by atoms with Gasteiger partial charge in [-0.15, -0.1) is 11.3 Å². The van der Waals surface area contributed by atoms with Gasteiger partial charge in [0.2, 0.25) is 5.91 Å². The first-order chi connectivity index (χ1) is 7.30. The lowest BCUT2D eigenvalue weighted by Crippen LogP contribution is -2.37. The molecule has 1 amide bonds. The zero-order chi connectivity index (χ0) is 12.3. The van der Waals surface area contributed by atoms with E-state index in [9.17, 15) is 18.0 Å². The monoisotopic (exact) mass is 253 g/mol. The summed E-state index contributed by atoms with van der Waals surface area (Å²) in [7, 11) is 0. The van der Waals surface area contributed by atoms with Gasteiger partial charge in [0.05, 0.1) is 12.6 Å². The van der Waals surface area contributed by atoms with Crippen molar-refractivity contribution in [3.8, 4) is 0 Å². The Kier molecular flexibility index (Phi) is 3.87. The number of aromatic nitrogens is 1. The molecule has 1 heterocycles. The standard InChI is InChI=1S/C8H10F3N3OS/c1-4(12)7(15)13-2-6-14-5(3-16-6)8(9,10)11/h3-4H,2,12H2,1H3,(H,13,15)/t4-/m0/s1. The van der Waals surface area contributed by atoms with Crippen molar-refractivity contribution in [2.45, 2.75) is 25.7 Å². The summed E-state index contributed by atoms with van der Waals surface area (Å²) in [5.41, 5.74) is 4.32. The van der Waals surface area contributed by atoms with Crippen LogP contribution < -0.4 is 11.1 Å². The van der Waals surface area contributed by atoms with Crippen molar-refractivity contribution in [1.29, 1.82) is 0 Å². The largest absolute Gasteiger partial charge is 0.434 e. The molecule has 0 aliphatic carbocycles. The normalized spacial score (nSPS) is 13.6. The molecule has 0 aliphatic heterocycles. The number of nitrogens with one attached hydrogen (secondary N) is 1. The summed E-state index contributed by atoms with van der Waals surface area (Å²) in [4.78, 5) is 14.4. The van der Waals surface area contributed by atoms with Crippen LogP contribution in [0.4, 0.5) is 13.2 Å². The predicted octanol–water partition coefficient (Wildman–Crippen LogP) is 1.13. The van der Waals surface area contributed by atoms with Crippen molar-refractivity contribution < 1.29 is 18.0 Å². The molecule has 0 unspecified atom stereocenters. The number of rotatable bonds is 3. The summed E-state index contributed by atoms with van der Waals surface area (Å²) < 4.78 is 36.5. The quantitative estimate of drug-likeness (QED) is 0.848. The van der Waals surface area contributed by atoms with E-state index in [1.54, 1.807) is 0 Å². The van der Waals surface area contributed by atoms with E-state index in [1.165, 1.54) is 6.92 Å². The molecule has 0 saturated carbocycles. The third kappa shape index (κ3) is 3.46. The first kappa shape index (κ1) is 12.9. The second kappa shape index (κ2) is 4.79. The van der Waals surface area contributed by atoms with Crippen LogP contribution in [-0.4, -0.2) is 16.9 Å². The number of nitrogens with two attached hydrogens (primary N) is 1. The highest BCUT2D eigenvalue weighted by atomic mass is 32.1. The Morgan fingerprint density at radius 3 is 2.75 bits per heavy atom. The summed E-state index contributed by atoms with van der Waals surface area (Å²) in [6.07, 6.45) is -4.44. The number of alkyl halides is 3. The van der Waals surface area contributed by atoms with Crippen molar-refractivity contribution in [2.75, 3.05) is 0 Å². The number of hydrogen-bond donors (Lipinski definition) is 2. The molecule has 1 aromatic heterocycles. The van der Waals surface area contributed by atoms with Crippen LogP contribution in [0.2, 0.25) is 0 Å². The minimum atomic E-state index is -4.44. The van der Waals surface area contributed by atoms with Crippen molar-refractivity contribution in [3.05, 3.63) is 16.1 Å². The first-order valence-corrected chi connectivity index (χ1v) is 5.23. The molecule has 4 nitrogen and oxygen atoms in total. The maximum Gasteiger partial charge on any atom is 0.434 e. The third-order valence-corrected chi connectivity index (χ3v) is 2.52.